The number of rotatable bonds is 5. The Labute approximate surface area is 102 Å². The van der Waals surface area contributed by atoms with Crippen molar-refractivity contribution in [3.05, 3.63) is 60.7 Å². The van der Waals surface area contributed by atoms with E-state index in [4.69, 9.17) is 13.6 Å². The zero-order valence-electron chi connectivity index (χ0n) is 9.45. The second-order valence-electron chi connectivity index (χ2n) is 3.21. The molecule has 0 aliphatic carbocycles. The van der Waals surface area contributed by atoms with E-state index in [1.807, 2.05) is 60.7 Å². The molecule has 2 aromatic carbocycles. The van der Waals surface area contributed by atoms with Gasteiger partial charge in [0, 0.05) is 7.11 Å². The SMILES string of the molecule is COP(Oc1ccccc1)Oc1ccccc1. The van der Waals surface area contributed by atoms with Gasteiger partial charge in [-0.1, -0.05) is 36.4 Å². The molecule has 0 atom stereocenters. The largest absolute Gasteiger partial charge is 0.462 e. The summed E-state index contributed by atoms with van der Waals surface area (Å²) in [7, 11) is 0.156. The second kappa shape index (κ2) is 6.24. The van der Waals surface area contributed by atoms with E-state index in [1.54, 1.807) is 7.11 Å². The van der Waals surface area contributed by atoms with Gasteiger partial charge in [-0.25, -0.2) is 0 Å². The summed E-state index contributed by atoms with van der Waals surface area (Å²) in [6, 6.07) is 18.9. The molecule has 0 bridgehead atoms. The summed E-state index contributed by atoms with van der Waals surface area (Å²) in [5.41, 5.74) is 0. The first kappa shape index (κ1) is 11.9. The molecule has 0 fully saturated rings. The Bertz CT molecular complexity index is 391. The molecule has 0 aliphatic rings. The topological polar surface area (TPSA) is 27.7 Å². The van der Waals surface area contributed by atoms with Gasteiger partial charge in [0.15, 0.2) is 0 Å². The summed E-state index contributed by atoms with van der Waals surface area (Å²) in [4.78, 5) is 0. The van der Waals surface area contributed by atoms with Crippen molar-refractivity contribution in [2.75, 3.05) is 7.11 Å². The minimum absolute atomic E-state index is 0.733. The molecule has 0 saturated carbocycles. The van der Waals surface area contributed by atoms with Crippen LogP contribution in [0.25, 0.3) is 0 Å². The Morgan fingerprint density at radius 2 is 1.12 bits per heavy atom. The van der Waals surface area contributed by atoms with Crippen LogP contribution in [0.1, 0.15) is 0 Å². The van der Waals surface area contributed by atoms with Crippen molar-refractivity contribution < 1.29 is 13.6 Å². The highest BCUT2D eigenvalue weighted by molar-refractivity contribution is 7.42. The summed E-state index contributed by atoms with van der Waals surface area (Å²) < 4.78 is 16.4. The fourth-order valence-corrected chi connectivity index (χ4v) is 2.00. The van der Waals surface area contributed by atoms with Crippen LogP contribution < -0.4 is 9.05 Å². The van der Waals surface area contributed by atoms with E-state index in [1.165, 1.54) is 0 Å². The maximum Gasteiger partial charge on any atom is 0.462 e. The molecule has 2 rings (SSSR count). The fourth-order valence-electron chi connectivity index (χ4n) is 1.23. The van der Waals surface area contributed by atoms with Gasteiger partial charge in [0.25, 0.3) is 0 Å². The van der Waals surface area contributed by atoms with Crippen LogP contribution in [-0.4, -0.2) is 7.11 Å². The maximum atomic E-state index is 5.59. The smallest absolute Gasteiger partial charge is 0.418 e. The average Bonchev–Trinajstić information content (AvgIpc) is 2.40. The van der Waals surface area contributed by atoms with E-state index in [9.17, 15) is 0 Å². The van der Waals surface area contributed by atoms with E-state index < -0.39 is 8.60 Å². The summed E-state index contributed by atoms with van der Waals surface area (Å²) in [6.07, 6.45) is 0. The van der Waals surface area contributed by atoms with Crippen LogP contribution in [0.15, 0.2) is 60.7 Å². The first-order chi connectivity index (χ1) is 8.38. The van der Waals surface area contributed by atoms with Crippen LogP contribution in [0, 0.1) is 0 Å². The lowest BCUT2D eigenvalue weighted by Gasteiger charge is -2.15. The van der Waals surface area contributed by atoms with Gasteiger partial charge >= 0.3 is 8.60 Å². The lowest BCUT2D eigenvalue weighted by molar-refractivity contribution is 0.323. The number of hydrogen-bond acceptors (Lipinski definition) is 3. The predicted molar refractivity (Wildman–Crippen MR) is 68.1 cm³/mol. The van der Waals surface area contributed by atoms with Crippen molar-refractivity contribution in [1.82, 2.24) is 0 Å². The molecule has 17 heavy (non-hydrogen) atoms. The van der Waals surface area contributed by atoms with E-state index in [2.05, 4.69) is 0 Å². The third-order valence-electron chi connectivity index (χ3n) is 2.00. The van der Waals surface area contributed by atoms with Crippen molar-refractivity contribution in [2.24, 2.45) is 0 Å². The first-order valence-electron chi connectivity index (χ1n) is 5.19. The first-order valence-corrected chi connectivity index (χ1v) is 6.28. The van der Waals surface area contributed by atoms with Crippen LogP contribution in [0.4, 0.5) is 0 Å². The third-order valence-corrected chi connectivity index (χ3v) is 3.01. The van der Waals surface area contributed by atoms with Gasteiger partial charge < -0.3 is 9.05 Å². The summed E-state index contributed by atoms with van der Waals surface area (Å²) in [6.45, 7) is 0. The highest BCUT2D eigenvalue weighted by Gasteiger charge is 2.14. The predicted octanol–water partition coefficient (Wildman–Crippen LogP) is 4.02. The molecule has 0 heterocycles. The Morgan fingerprint density at radius 1 is 0.706 bits per heavy atom. The number of benzene rings is 2. The number of para-hydroxylation sites is 2. The lowest BCUT2D eigenvalue weighted by atomic mass is 10.3. The van der Waals surface area contributed by atoms with Crippen molar-refractivity contribution in [3.8, 4) is 11.5 Å². The van der Waals surface area contributed by atoms with Crippen LogP contribution >= 0.6 is 8.60 Å². The average molecular weight is 248 g/mol. The van der Waals surface area contributed by atoms with E-state index in [0.29, 0.717) is 0 Å². The van der Waals surface area contributed by atoms with Gasteiger partial charge in [-0.3, -0.25) is 4.52 Å². The minimum Gasteiger partial charge on any atom is -0.418 e. The zero-order chi connectivity index (χ0) is 11.9. The third kappa shape index (κ3) is 3.74. The number of hydrogen-bond donors (Lipinski definition) is 0. The molecule has 88 valence electrons. The van der Waals surface area contributed by atoms with Crippen LogP contribution in [0.2, 0.25) is 0 Å². The molecule has 4 heteroatoms. The van der Waals surface area contributed by atoms with Crippen molar-refractivity contribution in [1.29, 1.82) is 0 Å². The van der Waals surface area contributed by atoms with Gasteiger partial charge in [-0.2, -0.15) is 0 Å². The lowest BCUT2D eigenvalue weighted by Crippen LogP contribution is -1.96. The minimum atomic E-state index is -1.41. The van der Waals surface area contributed by atoms with Crippen molar-refractivity contribution in [2.45, 2.75) is 0 Å². The van der Waals surface area contributed by atoms with Crippen molar-refractivity contribution >= 4 is 8.60 Å². The van der Waals surface area contributed by atoms with E-state index >= 15 is 0 Å². The maximum absolute atomic E-state index is 5.59. The molecule has 0 radical (unpaired) electrons. The molecule has 0 spiro atoms. The molecule has 0 unspecified atom stereocenters. The Morgan fingerprint density at radius 3 is 1.47 bits per heavy atom. The normalized spacial score (nSPS) is 10.2. The van der Waals surface area contributed by atoms with Crippen molar-refractivity contribution in [3.63, 3.8) is 0 Å². The zero-order valence-corrected chi connectivity index (χ0v) is 10.3. The highest BCUT2D eigenvalue weighted by Crippen LogP contribution is 2.40. The Kier molecular flexibility index (Phi) is 4.37. The molecule has 0 saturated heterocycles. The monoisotopic (exact) mass is 248 g/mol. The molecular formula is C13H13O3P. The molecule has 0 N–H and O–H groups in total. The molecule has 2 aromatic rings. The molecule has 3 nitrogen and oxygen atoms in total. The van der Waals surface area contributed by atoms with E-state index in [-0.39, 0.29) is 0 Å². The van der Waals surface area contributed by atoms with Gasteiger partial charge in [0.05, 0.1) is 0 Å². The Balaban J connectivity index is 1.98. The van der Waals surface area contributed by atoms with Gasteiger partial charge in [-0.15, -0.1) is 0 Å². The van der Waals surface area contributed by atoms with E-state index in [0.717, 1.165) is 11.5 Å². The standard InChI is InChI=1S/C13H13O3P/c1-14-17(15-12-8-4-2-5-9-12)16-13-10-6-3-7-11-13/h2-11H,1H3. The highest BCUT2D eigenvalue weighted by atomic mass is 31.2. The van der Waals surface area contributed by atoms with Gasteiger partial charge in [0.1, 0.15) is 11.5 Å². The molecule has 0 aromatic heterocycles. The van der Waals surface area contributed by atoms with Gasteiger partial charge in [-0.05, 0) is 24.3 Å². The summed E-state index contributed by atoms with van der Waals surface area (Å²) in [5.74, 6) is 1.47. The summed E-state index contributed by atoms with van der Waals surface area (Å²) >= 11 is 0. The summed E-state index contributed by atoms with van der Waals surface area (Å²) in [5, 5.41) is 0. The molecular weight excluding hydrogens is 235 g/mol. The fraction of sp³-hybridized carbons (Fsp3) is 0.0769. The quantitative estimate of drug-likeness (QED) is 0.748. The van der Waals surface area contributed by atoms with Crippen LogP contribution in [-0.2, 0) is 4.52 Å². The second-order valence-corrected chi connectivity index (χ2v) is 4.39. The van der Waals surface area contributed by atoms with Crippen LogP contribution in [0.3, 0.4) is 0 Å². The van der Waals surface area contributed by atoms with Gasteiger partial charge in [0.2, 0.25) is 0 Å². The Hall–Kier alpha value is -1.57. The molecule has 0 aliphatic heterocycles. The van der Waals surface area contributed by atoms with Crippen LogP contribution in [0.5, 0.6) is 11.5 Å². The molecule has 0 amide bonds.